The topological polar surface area (TPSA) is 173 Å². The van der Waals surface area contributed by atoms with Gasteiger partial charge in [0.05, 0.1) is 21.3 Å². The number of rotatable bonds is 0. The predicted molar refractivity (Wildman–Crippen MR) is 104 cm³/mol. The monoisotopic (exact) mass is 413 g/mol. The quantitative estimate of drug-likeness (QED) is 0.259. The first-order valence-electron chi connectivity index (χ1n) is 7.61. The summed E-state index contributed by atoms with van der Waals surface area (Å²) in [6.45, 7) is 2.83. The number of nitrogens with one attached hydrogen (secondary N) is 5. The fraction of sp³-hybridized carbons (Fsp3) is 0.667. The minimum Gasteiger partial charge on any atom is -0.469 e. The van der Waals surface area contributed by atoms with Crippen molar-refractivity contribution in [1.82, 2.24) is 26.6 Å². The maximum atomic E-state index is 9.96. The first kappa shape index (κ1) is 35.8. The highest BCUT2D eigenvalue weighted by Gasteiger charge is 1.85. The summed E-state index contributed by atoms with van der Waals surface area (Å²) in [4.78, 5) is 48.9. The predicted octanol–water partition coefficient (Wildman–Crippen LogP) is -0.579. The van der Waals surface area contributed by atoms with Crippen molar-refractivity contribution in [3.05, 3.63) is 0 Å². The Balaban J connectivity index is -0.0000000789. The van der Waals surface area contributed by atoms with E-state index in [2.05, 4.69) is 40.8 Å². The molecule has 5 amide bonds. The zero-order valence-corrected chi connectivity index (χ0v) is 18.3. The fourth-order valence-corrected chi connectivity index (χ4v) is 0.329. The number of carbonyl (C=O) groups excluding carboxylic acids is 5. The lowest BCUT2D eigenvalue weighted by Gasteiger charge is -1.91. The Morgan fingerprint density at radius 2 is 0.786 bits per heavy atom. The summed E-state index contributed by atoms with van der Waals surface area (Å²) in [5, 5.41) is 11.6. The molecule has 28 heavy (non-hydrogen) atoms. The summed E-state index contributed by atoms with van der Waals surface area (Å²) in [7, 11) is 11.7. The van der Waals surface area contributed by atoms with Gasteiger partial charge in [-0.2, -0.15) is 0 Å². The van der Waals surface area contributed by atoms with Crippen LogP contribution in [0.2, 0.25) is 0 Å². The summed E-state index contributed by atoms with van der Waals surface area (Å²) in [5.41, 5.74) is 0. The minimum atomic E-state index is -0.407. The summed E-state index contributed by atoms with van der Waals surface area (Å²) < 4.78 is 12.4. The molecule has 0 aromatic rings. The molecule has 0 radical (unpaired) electrons. The van der Waals surface area contributed by atoms with E-state index in [4.69, 9.17) is 0 Å². The van der Waals surface area contributed by atoms with Crippen molar-refractivity contribution in [2.45, 2.75) is 13.8 Å². The number of amides is 5. The molecule has 0 bridgehead atoms. The molecular weight excluding hydrogens is 378 g/mol. The third-order valence-corrected chi connectivity index (χ3v) is 1.87. The second-order valence-corrected chi connectivity index (χ2v) is 3.81. The second-order valence-electron chi connectivity index (χ2n) is 3.81. The van der Waals surface area contributed by atoms with Gasteiger partial charge >= 0.3 is 24.2 Å². The zero-order chi connectivity index (χ0) is 23.5. The van der Waals surface area contributed by atoms with E-state index in [1.54, 1.807) is 21.1 Å². The number of ether oxygens (including phenoxy) is 3. The van der Waals surface area contributed by atoms with Crippen LogP contribution in [0.3, 0.4) is 0 Å². The van der Waals surface area contributed by atoms with Crippen LogP contribution in [0.1, 0.15) is 13.8 Å². The van der Waals surface area contributed by atoms with E-state index in [1.165, 1.54) is 49.3 Å². The van der Waals surface area contributed by atoms with Crippen LogP contribution in [0.15, 0.2) is 0 Å². The molecule has 5 N–H and O–H groups in total. The van der Waals surface area contributed by atoms with Crippen LogP contribution < -0.4 is 26.6 Å². The average Bonchev–Trinajstić information content (AvgIpc) is 2.73. The Hall–Kier alpha value is -3.25. The fourth-order valence-electron chi connectivity index (χ4n) is 0.329. The molecule has 0 fully saturated rings. The molecule has 0 saturated carbocycles. The first-order chi connectivity index (χ1) is 13.0. The van der Waals surface area contributed by atoms with Gasteiger partial charge in [0.25, 0.3) is 0 Å². The Kier molecular flexibility index (Phi) is 40.3. The van der Waals surface area contributed by atoms with Gasteiger partial charge in [0.15, 0.2) is 0 Å². The molecule has 0 aromatic heterocycles. The third kappa shape index (κ3) is 66.2. The van der Waals surface area contributed by atoms with E-state index in [9.17, 15) is 24.0 Å². The highest BCUT2D eigenvalue weighted by atomic mass is 16.5. The molecule has 0 aliphatic heterocycles. The van der Waals surface area contributed by atoms with Crippen LogP contribution in [0.25, 0.3) is 0 Å². The number of alkyl carbamates (subject to hydrolysis) is 2. The zero-order valence-electron chi connectivity index (χ0n) is 18.3. The van der Waals surface area contributed by atoms with Gasteiger partial charge in [0, 0.05) is 49.1 Å². The Morgan fingerprint density at radius 1 is 0.536 bits per heavy atom. The number of carbonyl (C=O) groups is 5. The van der Waals surface area contributed by atoms with Crippen molar-refractivity contribution in [2.75, 3.05) is 56.6 Å². The average molecular weight is 413 g/mol. The molecule has 13 heteroatoms. The lowest BCUT2D eigenvalue weighted by molar-refractivity contribution is -0.138. The number of hydrogen-bond acceptors (Lipinski definition) is 8. The SMILES string of the molecule is CNC(=O)NC.CNC(=O)OC.CNC(=O)OC.CNC(C)=O.COC(C)=O. The van der Waals surface area contributed by atoms with Gasteiger partial charge in [-0.3, -0.25) is 9.59 Å². The van der Waals surface area contributed by atoms with E-state index in [0.717, 1.165) is 0 Å². The summed E-state index contributed by atoms with van der Waals surface area (Å²) in [6.07, 6.45) is -0.815. The van der Waals surface area contributed by atoms with Gasteiger partial charge < -0.3 is 40.8 Å². The highest BCUT2D eigenvalue weighted by Crippen LogP contribution is 1.62. The first-order valence-corrected chi connectivity index (χ1v) is 7.61. The van der Waals surface area contributed by atoms with E-state index >= 15 is 0 Å². The van der Waals surface area contributed by atoms with E-state index in [1.807, 2.05) is 0 Å². The molecule has 13 nitrogen and oxygen atoms in total. The molecule has 0 rings (SSSR count). The van der Waals surface area contributed by atoms with Crippen molar-refractivity contribution < 1.29 is 38.2 Å². The van der Waals surface area contributed by atoms with E-state index in [0.29, 0.717) is 0 Å². The molecule has 0 aromatic carbocycles. The summed E-state index contributed by atoms with van der Waals surface area (Å²) >= 11 is 0. The minimum absolute atomic E-state index is 0.00463. The standard InChI is InChI=1S/C3H8N2O.2C3H7NO2.C3H7NO.C3H6O2/c1-4-3(6)5-2;2*1-4-3(5)6-2;1-3(5)4-2;1-3(4)5-2/h1-2H3,(H2,4,5,6);2*1-2H3,(H,4,5);1-2H3,(H,4,5);1-2H3. The summed E-state index contributed by atoms with van der Waals surface area (Å²) in [5.74, 6) is -0.241. The van der Waals surface area contributed by atoms with Crippen LogP contribution in [0.5, 0.6) is 0 Å². The second kappa shape index (κ2) is 31.5. The number of urea groups is 1. The molecule has 0 heterocycles. The Morgan fingerprint density at radius 3 is 0.786 bits per heavy atom. The van der Waals surface area contributed by atoms with Crippen LogP contribution >= 0.6 is 0 Å². The number of esters is 1. The van der Waals surface area contributed by atoms with Crippen molar-refractivity contribution >= 4 is 30.1 Å². The van der Waals surface area contributed by atoms with Crippen molar-refractivity contribution in [3.8, 4) is 0 Å². The Labute approximate surface area is 166 Å². The maximum absolute atomic E-state index is 9.96. The molecular formula is C15H35N5O8. The maximum Gasteiger partial charge on any atom is 0.406 e. The van der Waals surface area contributed by atoms with Gasteiger partial charge in [-0.15, -0.1) is 0 Å². The van der Waals surface area contributed by atoms with Gasteiger partial charge in [0.2, 0.25) is 5.91 Å². The van der Waals surface area contributed by atoms with Gasteiger partial charge in [0.1, 0.15) is 0 Å². The van der Waals surface area contributed by atoms with E-state index in [-0.39, 0.29) is 17.9 Å². The highest BCUT2D eigenvalue weighted by molar-refractivity contribution is 5.73. The van der Waals surface area contributed by atoms with Crippen molar-refractivity contribution in [2.24, 2.45) is 0 Å². The smallest absolute Gasteiger partial charge is 0.406 e. The number of methoxy groups -OCH3 is 3. The van der Waals surface area contributed by atoms with E-state index < -0.39 is 12.2 Å². The molecule has 0 saturated heterocycles. The van der Waals surface area contributed by atoms with Crippen LogP contribution in [-0.2, 0) is 23.8 Å². The van der Waals surface area contributed by atoms with Crippen LogP contribution in [-0.4, -0.2) is 86.7 Å². The van der Waals surface area contributed by atoms with Crippen LogP contribution in [0, 0.1) is 0 Å². The van der Waals surface area contributed by atoms with Crippen molar-refractivity contribution in [3.63, 3.8) is 0 Å². The van der Waals surface area contributed by atoms with Gasteiger partial charge in [-0.05, 0) is 0 Å². The molecule has 168 valence electrons. The third-order valence-electron chi connectivity index (χ3n) is 1.87. The van der Waals surface area contributed by atoms with Crippen molar-refractivity contribution in [1.29, 1.82) is 0 Å². The largest absolute Gasteiger partial charge is 0.469 e. The lowest BCUT2D eigenvalue weighted by atomic mass is 10.7. The Bertz CT molecular complexity index is 349. The van der Waals surface area contributed by atoms with Crippen LogP contribution in [0.4, 0.5) is 14.4 Å². The molecule has 0 unspecified atom stereocenters. The molecule has 0 aliphatic carbocycles. The summed E-state index contributed by atoms with van der Waals surface area (Å²) in [6, 6.07) is -0.157. The normalized spacial score (nSPS) is 6.93. The molecule has 0 atom stereocenters. The number of hydrogen-bond donors (Lipinski definition) is 5. The van der Waals surface area contributed by atoms with Gasteiger partial charge in [-0.25, -0.2) is 14.4 Å². The van der Waals surface area contributed by atoms with Gasteiger partial charge in [-0.1, -0.05) is 0 Å². The lowest BCUT2D eigenvalue weighted by Crippen LogP contribution is -2.28. The molecule has 0 aliphatic rings. The molecule has 0 spiro atoms.